The van der Waals surface area contributed by atoms with Crippen LogP contribution in [0.5, 0.6) is 0 Å². The Morgan fingerprint density at radius 2 is 1.95 bits per heavy atom. The van der Waals surface area contributed by atoms with E-state index in [2.05, 4.69) is 15.9 Å². The van der Waals surface area contributed by atoms with E-state index in [4.69, 9.17) is 0 Å². The van der Waals surface area contributed by atoms with E-state index in [0.29, 0.717) is 10.5 Å². The summed E-state index contributed by atoms with van der Waals surface area (Å²) in [6.07, 6.45) is -4.09. The Morgan fingerprint density at radius 3 is 2.52 bits per heavy atom. The van der Waals surface area contributed by atoms with Crippen LogP contribution in [0.25, 0.3) is 0 Å². The molecule has 0 saturated heterocycles. The van der Waals surface area contributed by atoms with Gasteiger partial charge < -0.3 is 0 Å². The molecule has 0 aliphatic carbocycles. The summed E-state index contributed by atoms with van der Waals surface area (Å²) in [5.74, 6) is -7.41. The highest BCUT2D eigenvalue weighted by Gasteiger charge is 2.54. The van der Waals surface area contributed by atoms with Crippen molar-refractivity contribution in [2.24, 2.45) is 0 Å². The Bertz CT molecular complexity index is 579. The van der Waals surface area contributed by atoms with Crippen LogP contribution in [-0.4, -0.2) is 35.4 Å². The van der Waals surface area contributed by atoms with Crippen LogP contribution < -0.4 is 4.90 Å². The van der Waals surface area contributed by atoms with E-state index >= 15 is 0 Å². The molecule has 0 spiro atoms. The number of benzene rings is 1. The maximum Gasteiger partial charge on any atom is 0.384 e. The van der Waals surface area contributed by atoms with Crippen molar-refractivity contribution in [3.05, 3.63) is 29.8 Å². The van der Waals surface area contributed by atoms with Crippen LogP contribution in [0.3, 0.4) is 0 Å². The van der Waals surface area contributed by atoms with E-state index in [-0.39, 0.29) is 17.4 Å². The fraction of sp³-hybridized carbons (Fsp3) is 0.385. The number of anilines is 1. The van der Waals surface area contributed by atoms with Crippen molar-refractivity contribution in [1.82, 2.24) is 0 Å². The van der Waals surface area contributed by atoms with Gasteiger partial charge in [-0.2, -0.15) is 8.78 Å². The molecule has 1 aliphatic heterocycles. The number of carbonyl (C=O) groups excluding carboxylic acids is 2. The van der Waals surface area contributed by atoms with E-state index in [1.54, 1.807) is 12.1 Å². The van der Waals surface area contributed by atoms with Gasteiger partial charge in [0.15, 0.2) is 5.78 Å². The summed E-state index contributed by atoms with van der Waals surface area (Å²) < 4.78 is 51.5. The molecule has 0 fully saturated rings. The van der Waals surface area contributed by atoms with Gasteiger partial charge in [0.1, 0.15) is 6.04 Å². The Hall–Kier alpha value is -1.44. The van der Waals surface area contributed by atoms with Gasteiger partial charge in [0, 0.05) is 12.1 Å². The first kappa shape index (κ1) is 15.9. The Labute approximate surface area is 126 Å². The molecule has 1 heterocycles. The number of hydrogen-bond donors (Lipinski definition) is 0. The zero-order valence-electron chi connectivity index (χ0n) is 10.5. The molecule has 0 aromatic heterocycles. The van der Waals surface area contributed by atoms with Gasteiger partial charge in [-0.15, -0.1) is 0 Å². The molecule has 1 atom stereocenters. The van der Waals surface area contributed by atoms with Gasteiger partial charge in [0.2, 0.25) is 0 Å². The monoisotopic (exact) mass is 367 g/mol. The van der Waals surface area contributed by atoms with Crippen molar-refractivity contribution in [3.8, 4) is 0 Å². The van der Waals surface area contributed by atoms with Gasteiger partial charge in [0.25, 0.3) is 0 Å². The first-order valence-corrected chi connectivity index (χ1v) is 7.09. The lowest BCUT2D eigenvalue weighted by atomic mass is 10.1. The molecule has 0 saturated carbocycles. The van der Waals surface area contributed by atoms with E-state index in [0.717, 1.165) is 0 Å². The second-order valence-corrected chi connectivity index (χ2v) is 5.11. The van der Waals surface area contributed by atoms with Crippen LogP contribution in [-0.2, 0) is 16.0 Å². The summed E-state index contributed by atoms with van der Waals surface area (Å²) in [5.41, 5.74) is 0.567. The molecule has 8 heteroatoms. The summed E-state index contributed by atoms with van der Waals surface area (Å²) in [6, 6.07) is 4.83. The lowest BCUT2D eigenvalue weighted by molar-refractivity contribution is -0.167. The van der Waals surface area contributed by atoms with Crippen molar-refractivity contribution >= 4 is 33.3 Å². The smallest absolute Gasteiger partial charge is 0.296 e. The third-order valence-electron chi connectivity index (χ3n) is 3.26. The molecule has 2 rings (SSSR count). The summed E-state index contributed by atoms with van der Waals surface area (Å²) in [5, 5.41) is -0.157. The molecular formula is C13H10BrF4NO2. The second-order valence-electron chi connectivity index (χ2n) is 4.55. The highest BCUT2D eigenvalue weighted by Crippen LogP contribution is 2.37. The fourth-order valence-corrected chi connectivity index (χ4v) is 2.61. The van der Waals surface area contributed by atoms with Crippen molar-refractivity contribution in [2.45, 2.75) is 24.8 Å². The number of halogens is 5. The first-order valence-electron chi connectivity index (χ1n) is 5.97. The molecule has 1 unspecified atom stereocenters. The minimum atomic E-state index is -4.83. The van der Waals surface area contributed by atoms with Gasteiger partial charge >= 0.3 is 18.3 Å². The number of alkyl halides is 5. The molecule has 3 nitrogen and oxygen atoms in total. The summed E-state index contributed by atoms with van der Waals surface area (Å²) >= 11 is 2.90. The van der Waals surface area contributed by atoms with Gasteiger partial charge in [-0.05, 0) is 11.6 Å². The van der Waals surface area contributed by atoms with E-state index < -0.39 is 30.1 Å². The minimum Gasteiger partial charge on any atom is -0.296 e. The topological polar surface area (TPSA) is 37.4 Å². The molecule has 0 bridgehead atoms. The number of ketones is 1. The number of Topliss-reactive ketones (excluding diaryl/α,β-unsaturated/α-hetero) is 1. The molecule has 1 aliphatic rings. The lowest BCUT2D eigenvalue weighted by Crippen LogP contribution is -2.53. The highest BCUT2D eigenvalue weighted by molar-refractivity contribution is 9.09. The number of nitrogens with zero attached hydrogens (tertiary/aromatic N) is 1. The highest BCUT2D eigenvalue weighted by atomic mass is 79.9. The third-order valence-corrected chi connectivity index (χ3v) is 3.81. The molecule has 114 valence electrons. The molecule has 0 radical (unpaired) electrons. The number of hydrogen-bond acceptors (Lipinski definition) is 2. The van der Waals surface area contributed by atoms with Crippen LogP contribution in [0.2, 0.25) is 0 Å². The quantitative estimate of drug-likeness (QED) is 0.606. The van der Waals surface area contributed by atoms with E-state index in [1.807, 2.05) is 0 Å². The maximum atomic E-state index is 13.4. The van der Waals surface area contributed by atoms with Crippen LogP contribution in [0.4, 0.5) is 23.2 Å². The average molecular weight is 368 g/mol. The number of carbonyl (C=O) groups is 2. The third kappa shape index (κ3) is 2.68. The molecule has 21 heavy (non-hydrogen) atoms. The first-order chi connectivity index (χ1) is 9.80. The van der Waals surface area contributed by atoms with Crippen molar-refractivity contribution in [1.29, 1.82) is 0 Å². The number of rotatable bonds is 4. The van der Waals surface area contributed by atoms with Crippen LogP contribution in [0.1, 0.15) is 5.56 Å². The predicted octanol–water partition coefficient (Wildman–Crippen LogP) is 2.81. The summed E-state index contributed by atoms with van der Waals surface area (Å²) in [6.45, 7) is 0. The Morgan fingerprint density at radius 1 is 1.33 bits per heavy atom. The predicted molar refractivity (Wildman–Crippen MR) is 71.2 cm³/mol. The Balaban J connectivity index is 2.46. The van der Waals surface area contributed by atoms with Crippen LogP contribution in [0, 0.1) is 0 Å². The van der Waals surface area contributed by atoms with Crippen molar-refractivity contribution < 1.29 is 27.2 Å². The van der Waals surface area contributed by atoms with Crippen molar-refractivity contribution in [2.75, 3.05) is 10.2 Å². The zero-order valence-corrected chi connectivity index (χ0v) is 12.1. The number of amides is 1. The summed E-state index contributed by atoms with van der Waals surface area (Å²) in [7, 11) is 0. The largest absolute Gasteiger partial charge is 0.384 e. The fourth-order valence-electron chi connectivity index (χ4n) is 2.24. The minimum absolute atomic E-state index is 0.0334. The zero-order chi connectivity index (χ0) is 15.8. The summed E-state index contributed by atoms with van der Waals surface area (Å²) in [4.78, 5) is 24.1. The molecule has 1 aromatic rings. The molecule has 1 aromatic carbocycles. The second kappa shape index (κ2) is 5.75. The van der Waals surface area contributed by atoms with Gasteiger partial charge in [-0.1, -0.05) is 34.1 Å². The average Bonchev–Trinajstić information content (AvgIpc) is 2.84. The number of fused-ring (bicyclic) bond motifs is 1. The number of para-hydroxylation sites is 1. The SMILES string of the molecule is O=C(CBr)C1Cc2ccccc2N1C(=O)C(F)(F)C(F)F. The molecule has 1 amide bonds. The molecular weight excluding hydrogens is 358 g/mol. The van der Waals surface area contributed by atoms with Gasteiger partial charge in [0.05, 0.1) is 5.33 Å². The van der Waals surface area contributed by atoms with Gasteiger partial charge in [-0.25, -0.2) is 8.78 Å². The maximum absolute atomic E-state index is 13.4. The molecule has 0 N–H and O–H groups in total. The normalized spacial score (nSPS) is 18.0. The lowest BCUT2D eigenvalue weighted by Gasteiger charge is -2.27. The van der Waals surface area contributed by atoms with Gasteiger partial charge in [-0.3, -0.25) is 14.5 Å². The standard InChI is InChI=1S/C13H10BrF4NO2/c14-6-10(20)9-5-7-3-1-2-4-8(7)19(9)12(21)13(17,18)11(15)16/h1-4,9,11H,5-6H2. The van der Waals surface area contributed by atoms with Crippen LogP contribution >= 0.6 is 15.9 Å². The van der Waals surface area contributed by atoms with Crippen molar-refractivity contribution in [3.63, 3.8) is 0 Å². The Kier molecular flexibility index (Phi) is 4.36. The van der Waals surface area contributed by atoms with E-state index in [1.165, 1.54) is 12.1 Å². The van der Waals surface area contributed by atoms with E-state index in [9.17, 15) is 27.2 Å². The van der Waals surface area contributed by atoms with Crippen LogP contribution in [0.15, 0.2) is 24.3 Å².